The normalized spacial score (nSPS) is 11.3. The molecule has 0 aliphatic heterocycles. The summed E-state index contributed by atoms with van der Waals surface area (Å²) in [5.74, 6) is -0.170. The first-order valence-corrected chi connectivity index (χ1v) is 10.1. The van der Waals surface area contributed by atoms with Crippen LogP contribution in [0.1, 0.15) is 91.4 Å². The topological polar surface area (TPSA) is 39.9 Å². The minimum atomic E-state index is -0.170. The standard InChI is InChI=1S/C14H31N.C7H13NO/c1-4-5-6-7-8-9-10-11-12-13-14-15(2)3;1-4-5-8-7(9)6(2)3/h4-14H2,1-3H3;2,4-5H2,1,3H3,(H,8,9). The molecule has 0 aliphatic carbocycles. The number of hydrogen-bond acceptors (Lipinski definition) is 2. The maximum absolute atomic E-state index is 10.6. The average Bonchev–Trinajstić information content (AvgIpc) is 2.54. The highest BCUT2D eigenvalue weighted by atomic mass is 16.3. The fourth-order valence-electron chi connectivity index (χ4n) is 2.31. The second-order valence-corrected chi connectivity index (χ2v) is 7.11. The van der Waals surface area contributed by atoms with Gasteiger partial charge in [0.05, 0.1) is 20.6 Å². The summed E-state index contributed by atoms with van der Waals surface area (Å²) in [6, 6.07) is 0. The van der Waals surface area contributed by atoms with Crippen LogP contribution in [0.3, 0.4) is 0 Å². The summed E-state index contributed by atoms with van der Waals surface area (Å²) in [6.07, 6.45) is 15.4. The van der Waals surface area contributed by atoms with Gasteiger partial charge in [0.2, 0.25) is 0 Å². The smallest absolute Gasteiger partial charge is 0.0766 e. The number of hydrogen-bond donors (Lipinski definition) is 1. The molecule has 24 heavy (non-hydrogen) atoms. The number of nitrogens with one attached hydrogen (secondary N) is 1. The molecule has 3 heteroatoms. The van der Waals surface area contributed by atoms with E-state index in [1.54, 1.807) is 11.8 Å². The first kappa shape index (κ1) is 25.4. The van der Waals surface area contributed by atoms with Gasteiger partial charge in [-0.25, -0.2) is 0 Å². The van der Waals surface area contributed by atoms with Crippen molar-refractivity contribution in [3.63, 3.8) is 0 Å². The van der Waals surface area contributed by atoms with Crippen molar-refractivity contribution in [1.82, 2.24) is 0 Å². The number of quaternary nitrogens is 1. The lowest BCUT2D eigenvalue weighted by Crippen LogP contribution is -3.05. The molecule has 1 N–H and O–H groups in total. The van der Waals surface area contributed by atoms with Gasteiger partial charge in [0.15, 0.2) is 0 Å². The van der Waals surface area contributed by atoms with Crippen LogP contribution in [0.15, 0.2) is 17.1 Å². The number of aliphatic imine (C=N–C) groups is 1. The van der Waals surface area contributed by atoms with Crippen molar-refractivity contribution in [2.45, 2.75) is 91.4 Å². The quantitative estimate of drug-likeness (QED) is 0.292. The van der Waals surface area contributed by atoms with Crippen LogP contribution in [0.2, 0.25) is 0 Å². The van der Waals surface area contributed by atoms with Gasteiger partial charge in [-0.1, -0.05) is 71.8 Å². The van der Waals surface area contributed by atoms with E-state index in [0.717, 1.165) is 6.42 Å². The Kier molecular flexibility index (Phi) is 21.4. The molecular formula is C21H44N2O. The number of unbranched alkanes of at least 4 members (excludes halogenated alkanes) is 9. The molecule has 0 bridgehead atoms. The zero-order chi connectivity index (χ0) is 18.6. The summed E-state index contributed by atoms with van der Waals surface area (Å²) in [5, 5.41) is 10.6. The Labute approximate surface area is 152 Å². The third-order valence-electron chi connectivity index (χ3n) is 3.87. The molecule has 0 aliphatic rings. The van der Waals surface area contributed by atoms with E-state index >= 15 is 0 Å². The van der Waals surface area contributed by atoms with Crippen LogP contribution >= 0.6 is 0 Å². The van der Waals surface area contributed by atoms with E-state index < -0.39 is 0 Å². The lowest BCUT2D eigenvalue weighted by molar-refractivity contribution is -0.858. The molecule has 0 radical (unpaired) electrons. The van der Waals surface area contributed by atoms with Gasteiger partial charge in [-0.3, -0.25) is 0 Å². The summed E-state index contributed by atoms with van der Waals surface area (Å²) >= 11 is 0. The minimum absolute atomic E-state index is 0.170. The molecular weight excluding hydrogens is 296 g/mol. The first-order chi connectivity index (χ1) is 11.5. The largest absolute Gasteiger partial charge is 0.859 e. The van der Waals surface area contributed by atoms with Crippen LogP contribution < -0.4 is 10.0 Å². The van der Waals surface area contributed by atoms with Gasteiger partial charge in [-0.2, -0.15) is 0 Å². The fourth-order valence-corrected chi connectivity index (χ4v) is 2.31. The molecule has 0 aromatic rings. The molecule has 0 fully saturated rings. The zero-order valence-corrected chi connectivity index (χ0v) is 17.3. The molecule has 0 unspecified atom stereocenters. The number of nitrogens with zero attached hydrogens (tertiary/aromatic N) is 1. The molecule has 0 amide bonds. The Balaban J connectivity index is 0. The molecule has 0 spiro atoms. The highest BCUT2D eigenvalue weighted by Gasteiger charge is 1.94. The van der Waals surface area contributed by atoms with Gasteiger partial charge in [-0.15, -0.1) is 0 Å². The van der Waals surface area contributed by atoms with Crippen LogP contribution in [0.4, 0.5) is 0 Å². The van der Waals surface area contributed by atoms with E-state index in [1.165, 1.54) is 70.8 Å². The summed E-state index contributed by atoms with van der Waals surface area (Å²) in [7, 11) is 4.49. The molecule has 0 heterocycles. The van der Waals surface area contributed by atoms with E-state index in [9.17, 15) is 5.11 Å². The Hall–Kier alpha value is -0.830. The Morgan fingerprint density at radius 3 is 1.67 bits per heavy atom. The van der Waals surface area contributed by atoms with Crippen molar-refractivity contribution < 1.29 is 10.0 Å². The molecule has 144 valence electrons. The highest BCUT2D eigenvalue weighted by molar-refractivity contribution is 5.88. The second kappa shape index (κ2) is 20.2. The van der Waals surface area contributed by atoms with Gasteiger partial charge < -0.3 is 15.0 Å². The van der Waals surface area contributed by atoms with Crippen molar-refractivity contribution in [1.29, 1.82) is 0 Å². The van der Waals surface area contributed by atoms with Gasteiger partial charge in [0.1, 0.15) is 0 Å². The Morgan fingerprint density at radius 2 is 1.29 bits per heavy atom. The predicted octanol–water partition coefficient (Wildman–Crippen LogP) is 3.78. The third-order valence-corrected chi connectivity index (χ3v) is 3.87. The van der Waals surface area contributed by atoms with Crippen LogP contribution in [-0.4, -0.2) is 33.1 Å². The molecule has 0 atom stereocenters. The van der Waals surface area contributed by atoms with Crippen LogP contribution in [0.5, 0.6) is 0 Å². The van der Waals surface area contributed by atoms with E-state index in [0.29, 0.717) is 12.1 Å². The van der Waals surface area contributed by atoms with E-state index in [1.807, 2.05) is 6.92 Å². The van der Waals surface area contributed by atoms with Crippen molar-refractivity contribution in [3.8, 4) is 0 Å². The van der Waals surface area contributed by atoms with Gasteiger partial charge >= 0.3 is 0 Å². The molecule has 3 nitrogen and oxygen atoms in total. The maximum Gasteiger partial charge on any atom is 0.0766 e. The Morgan fingerprint density at radius 1 is 0.833 bits per heavy atom. The van der Waals surface area contributed by atoms with E-state index in [4.69, 9.17) is 0 Å². The maximum atomic E-state index is 10.6. The van der Waals surface area contributed by atoms with Gasteiger partial charge in [0.25, 0.3) is 0 Å². The highest BCUT2D eigenvalue weighted by Crippen LogP contribution is 2.09. The van der Waals surface area contributed by atoms with Gasteiger partial charge in [-0.05, 0) is 37.7 Å². The van der Waals surface area contributed by atoms with Crippen LogP contribution in [-0.2, 0) is 0 Å². The van der Waals surface area contributed by atoms with Crippen molar-refractivity contribution >= 4 is 5.90 Å². The monoisotopic (exact) mass is 340 g/mol. The first-order valence-electron chi connectivity index (χ1n) is 10.1. The summed E-state index contributed by atoms with van der Waals surface area (Å²) in [6.45, 7) is 11.4. The lowest BCUT2D eigenvalue weighted by Gasteiger charge is -2.07. The second-order valence-electron chi connectivity index (χ2n) is 7.11. The molecule has 0 aromatic carbocycles. The number of rotatable bonds is 14. The average molecular weight is 341 g/mol. The molecule has 0 saturated carbocycles. The van der Waals surface area contributed by atoms with Crippen molar-refractivity contribution in [3.05, 3.63) is 12.2 Å². The molecule has 0 aromatic heterocycles. The third kappa shape index (κ3) is 23.4. The van der Waals surface area contributed by atoms with Crippen LogP contribution in [0.25, 0.3) is 0 Å². The van der Waals surface area contributed by atoms with Gasteiger partial charge in [0, 0.05) is 6.54 Å². The Bertz CT molecular complexity index is 298. The fraction of sp³-hybridized carbons (Fsp3) is 0.857. The summed E-state index contributed by atoms with van der Waals surface area (Å²) in [5.41, 5.74) is 0.517. The SMILES string of the molecule is C=C(C)C([O-])=NCCC.CCCCCCCCCCCC[NH+](C)C. The van der Waals surface area contributed by atoms with Crippen LogP contribution in [0, 0.1) is 0 Å². The van der Waals surface area contributed by atoms with Crippen molar-refractivity contribution in [2.75, 3.05) is 27.2 Å². The summed E-state index contributed by atoms with van der Waals surface area (Å²) < 4.78 is 0. The predicted molar refractivity (Wildman–Crippen MR) is 107 cm³/mol. The lowest BCUT2D eigenvalue weighted by atomic mass is 10.1. The molecule has 0 rings (SSSR count). The van der Waals surface area contributed by atoms with E-state index in [2.05, 4.69) is 32.6 Å². The van der Waals surface area contributed by atoms with Crippen molar-refractivity contribution in [2.24, 2.45) is 4.99 Å². The molecule has 0 saturated heterocycles. The van der Waals surface area contributed by atoms with E-state index in [-0.39, 0.29) is 5.90 Å². The summed E-state index contributed by atoms with van der Waals surface area (Å²) in [4.78, 5) is 5.30. The minimum Gasteiger partial charge on any atom is -0.859 e. The zero-order valence-electron chi connectivity index (χ0n) is 17.3.